The Morgan fingerprint density at radius 3 is 2.35 bits per heavy atom. The number of ether oxygens (including phenoxy) is 1. The monoisotopic (exact) mass is 302 g/mol. The predicted molar refractivity (Wildman–Crippen MR) is 84.7 cm³/mol. The molecule has 3 aromatic rings. The molecule has 0 amide bonds. The minimum atomic E-state index is 0.467. The summed E-state index contributed by atoms with van der Waals surface area (Å²) < 4.78 is 5.80. The maximum absolute atomic E-state index is 6.39. The molecule has 0 spiro atoms. The molecule has 0 saturated heterocycles. The second kappa shape index (κ2) is 5.74. The summed E-state index contributed by atoms with van der Waals surface area (Å²) in [7, 11) is 0. The number of rotatable bonds is 3. The van der Waals surface area contributed by atoms with Crippen molar-refractivity contribution in [3.8, 4) is 5.75 Å². The van der Waals surface area contributed by atoms with Crippen molar-refractivity contribution in [2.45, 2.75) is 6.61 Å². The summed E-state index contributed by atoms with van der Waals surface area (Å²) in [5.74, 6) is 0.695. The molecule has 0 heterocycles. The zero-order valence-corrected chi connectivity index (χ0v) is 12.2. The maximum atomic E-state index is 6.39. The van der Waals surface area contributed by atoms with Gasteiger partial charge in [-0.3, -0.25) is 0 Å². The Morgan fingerprint density at radius 2 is 1.55 bits per heavy atom. The van der Waals surface area contributed by atoms with Crippen molar-refractivity contribution in [3.63, 3.8) is 0 Å². The molecule has 0 saturated carbocycles. The van der Waals surface area contributed by atoms with E-state index in [-0.39, 0.29) is 0 Å². The second-order valence-corrected chi connectivity index (χ2v) is 5.33. The highest BCUT2D eigenvalue weighted by Crippen LogP contribution is 2.33. The van der Waals surface area contributed by atoms with Crippen molar-refractivity contribution >= 4 is 34.0 Å². The van der Waals surface area contributed by atoms with E-state index >= 15 is 0 Å². The largest absolute Gasteiger partial charge is 0.487 e. The van der Waals surface area contributed by atoms with Crippen LogP contribution < -0.4 is 4.74 Å². The van der Waals surface area contributed by atoms with Gasteiger partial charge < -0.3 is 4.74 Å². The first kappa shape index (κ1) is 13.3. The van der Waals surface area contributed by atoms with Crippen LogP contribution >= 0.6 is 23.2 Å². The van der Waals surface area contributed by atoms with Crippen LogP contribution in [-0.4, -0.2) is 0 Å². The Morgan fingerprint density at radius 1 is 0.800 bits per heavy atom. The molecule has 0 aliphatic heterocycles. The van der Waals surface area contributed by atoms with Gasteiger partial charge in [-0.25, -0.2) is 0 Å². The lowest BCUT2D eigenvalue weighted by Crippen LogP contribution is -1.95. The fraction of sp³-hybridized carbons (Fsp3) is 0.0588. The molecule has 0 bridgehead atoms. The van der Waals surface area contributed by atoms with E-state index in [4.69, 9.17) is 27.9 Å². The normalized spacial score (nSPS) is 10.7. The van der Waals surface area contributed by atoms with Crippen LogP contribution in [0.1, 0.15) is 5.56 Å². The maximum Gasteiger partial charge on any atom is 0.139 e. The highest BCUT2D eigenvalue weighted by molar-refractivity contribution is 6.37. The van der Waals surface area contributed by atoms with Gasteiger partial charge >= 0.3 is 0 Å². The molecule has 3 heteroatoms. The highest BCUT2D eigenvalue weighted by Gasteiger charge is 2.06. The van der Waals surface area contributed by atoms with E-state index in [2.05, 4.69) is 0 Å². The molecule has 0 atom stereocenters. The number of hydrogen-bond acceptors (Lipinski definition) is 1. The number of fused-ring (bicyclic) bond motifs is 1. The van der Waals surface area contributed by atoms with E-state index in [9.17, 15) is 0 Å². The van der Waals surface area contributed by atoms with Crippen molar-refractivity contribution in [1.29, 1.82) is 0 Å². The SMILES string of the molecule is Clc1ccc(COc2ccc3ccccc3c2Cl)cc1. The van der Waals surface area contributed by atoms with Crippen LogP contribution in [0.5, 0.6) is 5.75 Å². The van der Waals surface area contributed by atoms with Crippen molar-refractivity contribution < 1.29 is 4.74 Å². The summed E-state index contributed by atoms with van der Waals surface area (Å²) in [6.45, 7) is 0.467. The summed E-state index contributed by atoms with van der Waals surface area (Å²) >= 11 is 12.2. The fourth-order valence-electron chi connectivity index (χ4n) is 2.07. The van der Waals surface area contributed by atoms with E-state index in [1.54, 1.807) is 0 Å². The Hall–Kier alpha value is -1.70. The first-order chi connectivity index (χ1) is 9.74. The molecule has 0 unspecified atom stereocenters. The van der Waals surface area contributed by atoms with Gasteiger partial charge in [0, 0.05) is 10.4 Å². The zero-order chi connectivity index (χ0) is 13.9. The first-order valence-electron chi connectivity index (χ1n) is 6.28. The van der Waals surface area contributed by atoms with E-state index in [0.29, 0.717) is 17.4 Å². The lowest BCUT2D eigenvalue weighted by atomic mass is 10.1. The van der Waals surface area contributed by atoms with Crippen molar-refractivity contribution in [1.82, 2.24) is 0 Å². The molecule has 1 nitrogen and oxygen atoms in total. The molecule has 0 aliphatic carbocycles. The lowest BCUT2D eigenvalue weighted by Gasteiger charge is -2.10. The van der Waals surface area contributed by atoms with Gasteiger partial charge in [-0.1, -0.05) is 65.7 Å². The van der Waals surface area contributed by atoms with Gasteiger partial charge in [0.1, 0.15) is 12.4 Å². The molecule has 3 rings (SSSR count). The van der Waals surface area contributed by atoms with Crippen LogP contribution in [0, 0.1) is 0 Å². The topological polar surface area (TPSA) is 9.23 Å². The lowest BCUT2D eigenvalue weighted by molar-refractivity contribution is 0.307. The third-order valence-electron chi connectivity index (χ3n) is 3.14. The van der Waals surface area contributed by atoms with Crippen molar-refractivity contribution in [2.24, 2.45) is 0 Å². The van der Waals surface area contributed by atoms with Gasteiger partial charge in [0.15, 0.2) is 0 Å². The van der Waals surface area contributed by atoms with Gasteiger partial charge in [-0.05, 0) is 29.1 Å². The van der Waals surface area contributed by atoms with E-state index in [1.165, 1.54) is 0 Å². The molecule has 0 aliphatic rings. The molecule has 20 heavy (non-hydrogen) atoms. The van der Waals surface area contributed by atoms with Gasteiger partial charge in [0.25, 0.3) is 0 Å². The quantitative estimate of drug-likeness (QED) is 0.600. The van der Waals surface area contributed by atoms with Gasteiger partial charge in [0.2, 0.25) is 0 Å². The average Bonchev–Trinajstić information content (AvgIpc) is 2.49. The van der Waals surface area contributed by atoms with Crippen LogP contribution in [0.25, 0.3) is 10.8 Å². The van der Waals surface area contributed by atoms with Crippen LogP contribution in [0.15, 0.2) is 60.7 Å². The third-order valence-corrected chi connectivity index (χ3v) is 3.78. The smallest absolute Gasteiger partial charge is 0.139 e. The summed E-state index contributed by atoms with van der Waals surface area (Å²) in [5, 5.41) is 3.48. The average molecular weight is 303 g/mol. The Kier molecular flexibility index (Phi) is 3.81. The molecule has 0 aromatic heterocycles. The minimum absolute atomic E-state index is 0.467. The zero-order valence-electron chi connectivity index (χ0n) is 10.6. The predicted octanol–water partition coefficient (Wildman–Crippen LogP) is 5.73. The molecule has 0 fully saturated rings. The van der Waals surface area contributed by atoms with Gasteiger partial charge in [0.05, 0.1) is 5.02 Å². The second-order valence-electron chi connectivity index (χ2n) is 4.51. The highest BCUT2D eigenvalue weighted by atomic mass is 35.5. The Balaban J connectivity index is 1.84. The van der Waals surface area contributed by atoms with E-state index < -0.39 is 0 Å². The fourth-order valence-corrected chi connectivity index (χ4v) is 2.48. The molecule has 3 aromatic carbocycles. The van der Waals surface area contributed by atoms with Crippen LogP contribution in [0.3, 0.4) is 0 Å². The standard InChI is InChI=1S/C17H12Cl2O/c18-14-8-5-12(6-9-14)11-20-16-10-7-13-3-1-2-4-15(13)17(16)19/h1-10H,11H2. The van der Waals surface area contributed by atoms with Crippen LogP contribution in [0.4, 0.5) is 0 Å². The molecular formula is C17H12Cl2O. The van der Waals surface area contributed by atoms with Crippen molar-refractivity contribution in [3.05, 3.63) is 76.3 Å². The molecule has 0 N–H and O–H groups in total. The van der Waals surface area contributed by atoms with E-state index in [1.807, 2.05) is 60.7 Å². The number of benzene rings is 3. The van der Waals surface area contributed by atoms with Crippen LogP contribution in [0.2, 0.25) is 10.0 Å². The van der Waals surface area contributed by atoms with Gasteiger partial charge in [-0.15, -0.1) is 0 Å². The summed E-state index contributed by atoms with van der Waals surface area (Å²) in [6.07, 6.45) is 0. The first-order valence-corrected chi connectivity index (χ1v) is 7.04. The summed E-state index contributed by atoms with van der Waals surface area (Å²) in [5.41, 5.74) is 1.05. The van der Waals surface area contributed by atoms with Gasteiger partial charge in [-0.2, -0.15) is 0 Å². The number of hydrogen-bond donors (Lipinski definition) is 0. The minimum Gasteiger partial charge on any atom is -0.487 e. The Bertz CT molecular complexity index is 736. The van der Waals surface area contributed by atoms with Crippen molar-refractivity contribution in [2.75, 3.05) is 0 Å². The van der Waals surface area contributed by atoms with Crippen LogP contribution in [-0.2, 0) is 6.61 Å². The Labute approximate surface area is 127 Å². The molecular weight excluding hydrogens is 291 g/mol. The molecule has 0 radical (unpaired) electrons. The van der Waals surface area contributed by atoms with E-state index in [0.717, 1.165) is 21.4 Å². The number of halogens is 2. The third kappa shape index (κ3) is 2.74. The molecule has 100 valence electrons. The summed E-state index contributed by atoms with van der Waals surface area (Å²) in [4.78, 5) is 0. The summed E-state index contributed by atoms with van der Waals surface area (Å²) in [6, 6.07) is 19.5.